The first kappa shape index (κ1) is 18.3. The number of hydrazone groups is 1. The summed E-state index contributed by atoms with van der Waals surface area (Å²) >= 11 is 8.49. The number of benzene rings is 1. The highest BCUT2D eigenvalue weighted by molar-refractivity contribution is 9.10. The Hall–Kier alpha value is -1.78. The second-order valence-electron chi connectivity index (χ2n) is 3.98. The van der Waals surface area contributed by atoms with E-state index in [2.05, 4.69) is 37.7 Å². The van der Waals surface area contributed by atoms with Crippen LogP contribution >= 0.6 is 28.1 Å². The fraction of sp³-hybridized carbons (Fsp3) is 0.333. The van der Waals surface area contributed by atoms with E-state index in [1.807, 2.05) is 19.9 Å². The van der Waals surface area contributed by atoms with E-state index in [1.54, 1.807) is 12.3 Å². The van der Waals surface area contributed by atoms with Crippen molar-refractivity contribution in [2.24, 2.45) is 5.10 Å². The van der Waals surface area contributed by atoms with E-state index >= 15 is 0 Å². The lowest BCUT2D eigenvalue weighted by Gasteiger charge is -2.12. The minimum absolute atomic E-state index is 0.179. The second kappa shape index (κ2) is 10.0. The highest BCUT2D eigenvalue weighted by Gasteiger charge is 2.09. The molecule has 0 bridgehead atoms. The summed E-state index contributed by atoms with van der Waals surface area (Å²) in [5.41, 5.74) is 3.55. The number of hydrogen-bond acceptors (Lipinski definition) is 4. The average Bonchev–Trinajstić information content (AvgIpc) is 2.49. The molecule has 0 spiro atoms. The summed E-state index contributed by atoms with van der Waals surface area (Å²) in [7, 11) is 0. The molecule has 0 aromatic heterocycles. The van der Waals surface area contributed by atoms with Crippen molar-refractivity contribution in [3.63, 3.8) is 0 Å². The number of nitrogens with zero attached hydrogens (tertiary/aromatic N) is 1. The van der Waals surface area contributed by atoms with Crippen LogP contribution in [0.3, 0.4) is 0 Å². The van der Waals surface area contributed by atoms with Gasteiger partial charge in [0.05, 0.1) is 12.8 Å². The first-order valence-corrected chi connectivity index (χ1v) is 7.92. The average molecular weight is 384 g/mol. The van der Waals surface area contributed by atoms with Crippen LogP contribution in [0.25, 0.3) is 0 Å². The molecule has 0 amide bonds. The molecule has 118 valence electrons. The maximum Gasteiger partial charge on any atom is 0.186 e. The SMILES string of the molecule is C#CCOc1cc(Br)c(/C=N\NC(=S)NCC)cc1OCC. The number of hydrogen-bond donors (Lipinski definition) is 2. The minimum atomic E-state index is 0.179. The van der Waals surface area contributed by atoms with Gasteiger partial charge in [0.2, 0.25) is 0 Å². The van der Waals surface area contributed by atoms with Crippen molar-refractivity contribution in [1.29, 1.82) is 0 Å². The predicted molar refractivity (Wildman–Crippen MR) is 96.6 cm³/mol. The third kappa shape index (κ3) is 5.92. The van der Waals surface area contributed by atoms with Crippen LogP contribution < -0.4 is 20.2 Å². The van der Waals surface area contributed by atoms with Crippen LogP contribution in [-0.2, 0) is 0 Å². The number of ether oxygens (including phenoxy) is 2. The van der Waals surface area contributed by atoms with Crippen molar-refractivity contribution in [3.05, 3.63) is 22.2 Å². The zero-order chi connectivity index (χ0) is 16.4. The van der Waals surface area contributed by atoms with Crippen LogP contribution in [0.4, 0.5) is 0 Å². The van der Waals surface area contributed by atoms with Gasteiger partial charge < -0.3 is 14.8 Å². The molecule has 0 aliphatic heterocycles. The molecule has 2 N–H and O–H groups in total. The fourth-order valence-electron chi connectivity index (χ4n) is 1.51. The molecule has 0 unspecified atom stereocenters. The molecule has 0 fully saturated rings. The van der Waals surface area contributed by atoms with Crippen LogP contribution in [0.1, 0.15) is 19.4 Å². The highest BCUT2D eigenvalue weighted by atomic mass is 79.9. The fourth-order valence-corrected chi connectivity index (χ4v) is 2.13. The Labute approximate surface area is 144 Å². The summed E-state index contributed by atoms with van der Waals surface area (Å²) in [5.74, 6) is 3.62. The van der Waals surface area contributed by atoms with Gasteiger partial charge in [0, 0.05) is 16.6 Å². The lowest BCUT2D eigenvalue weighted by molar-refractivity contribution is 0.299. The molecule has 0 radical (unpaired) electrons. The highest BCUT2D eigenvalue weighted by Crippen LogP contribution is 2.33. The molecule has 1 aromatic carbocycles. The number of rotatable bonds is 7. The Morgan fingerprint density at radius 3 is 2.77 bits per heavy atom. The van der Waals surface area contributed by atoms with E-state index in [0.717, 1.165) is 16.6 Å². The molecule has 1 aromatic rings. The van der Waals surface area contributed by atoms with E-state index in [4.69, 9.17) is 28.1 Å². The molecular formula is C15H18BrN3O2S. The lowest BCUT2D eigenvalue weighted by Crippen LogP contribution is -2.31. The molecule has 7 heteroatoms. The van der Waals surface area contributed by atoms with Crippen molar-refractivity contribution in [2.75, 3.05) is 19.8 Å². The van der Waals surface area contributed by atoms with Crippen molar-refractivity contribution in [2.45, 2.75) is 13.8 Å². The smallest absolute Gasteiger partial charge is 0.186 e. The molecule has 0 saturated carbocycles. The molecule has 0 heterocycles. The normalized spacial score (nSPS) is 10.1. The summed E-state index contributed by atoms with van der Waals surface area (Å²) in [6.45, 7) is 5.29. The van der Waals surface area contributed by atoms with E-state index in [9.17, 15) is 0 Å². The third-order valence-electron chi connectivity index (χ3n) is 2.38. The van der Waals surface area contributed by atoms with Gasteiger partial charge in [-0.05, 0) is 54.1 Å². The Balaban J connectivity index is 2.91. The Morgan fingerprint density at radius 1 is 1.41 bits per heavy atom. The Bertz CT molecular complexity index is 585. The van der Waals surface area contributed by atoms with Crippen LogP contribution in [0.2, 0.25) is 0 Å². The quantitative estimate of drug-likeness (QED) is 0.328. The van der Waals surface area contributed by atoms with E-state index in [-0.39, 0.29) is 6.61 Å². The Morgan fingerprint density at radius 2 is 2.14 bits per heavy atom. The van der Waals surface area contributed by atoms with Gasteiger partial charge in [-0.15, -0.1) is 6.42 Å². The molecule has 5 nitrogen and oxygen atoms in total. The molecule has 0 aliphatic rings. The largest absolute Gasteiger partial charge is 0.490 e. The summed E-state index contributed by atoms with van der Waals surface area (Å²) in [4.78, 5) is 0. The monoisotopic (exact) mass is 383 g/mol. The lowest BCUT2D eigenvalue weighted by atomic mass is 10.2. The van der Waals surface area contributed by atoms with Crippen molar-refractivity contribution >= 4 is 39.5 Å². The maximum atomic E-state index is 5.56. The number of nitrogens with one attached hydrogen (secondary N) is 2. The van der Waals surface area contributed by atoms with Crippen LogP contribution in [0.5, 0.6) is 11.5 Å². The first-order valence-electron chi connectivity index (χ1n) is 6.71. The van der Waals surface area contributed by atoms with Crippen LogP contribution in [0, 0.1) is 12.3 Å². The van der Waals surface area contributed by atoms with Gasteiger partial charge in [0.15, 0.2) is 16.6 Å². The summed E-state index contributed by atoms with van der Waals surface area (Å²) in [6.07, 6.45) is 6.85. The maximum absolute atomic E-state index is 5.56. The second-order valence-corrected chi connectivity index (χ2v) is 5.24. The summed E-state index contributed by atoms with van der Waals surface area (Å²) in [6, 6.07) is 3.62. The minimum Gasteiger partial charge on any atom is -0.490 e. The topological polar surface area (TPSA) is 54.9 Å². The van der Waals surface area contributed by atoms with Gasteiger partial charge in [-0.25, -0.2) is 0 Å². The summed E-state index contributed by atoms with van der Waals surface area (Å²) in [5, 5.41) is 7.48. The molecular weight excluding hydrogens is 366 g/mol. The zero-order valence-electron chi connectivity index (χ0n) is 12.5. The first-order chi connectivity index (χ1) is 10.6. The number of thiocarbonyl (C=S) groups is 1. The van der Waals surface area contributed by atoms with E-state index in [0.29, 0.717) is 23.2 Å². The third-order valence-corrected chi connectivity index (χ3v) is 3.30. The molecule has 1 rings (SSSR count). The Kier molecular flexibility index (Phi) is 8.33. The molecule has 0 atom stereocenters. The molecule has 0 saturated heterocycles. The van der Waals surface area contributed by atoms with Gasteiger partial charge >= 0.3 is 0 Å². The predicted octanol–water partition coefficient (Wildman–Crippen LogP) is 2.68. The van der Waals surface area contributed by atoms with Crippen molar-refractivity contribution in [1.82, 2.24) is 10.7 Å². The van der Waals surface area contributed by atoms with Crippen LogP contribution in [0.15, 0.2) is 21.7 Å². The van der Waals surface area contributed by atoms with Crippen molar-refractivity contribution < 1.29 is 9.47 Å². The number of halogens is 1. The van der Waals surface area contributed by atoms with Crippen LogP contribution in [-0.4, -0.2) is 31.1 Å². The van der Waals surface area contributed by atoms with Gasteiger partial charge in [0.1, 0.15) is 6.61 Å². The van der Waals surface area contributed by atoms with E-state index in [1.165, 1.54) is 0 Å². The molecule has 22 heavy (non-hydrogen) atoms. The van der Waals surface area contributed by atoms with Gasteiger partial charge in [-0.2, -0.15) is 5.10 Å². The van der Waals surface area contributed by atoms with E-state index < -0.39 is 0 Å². The van der Waals surface area contributed by atoms with Gasteiger partial charge in [-0.3, -0.25) is 5.43 Å². The molecule has 0 aliphatic carbocycles. The standard InChI is InChI=1S/C15H18BrN3O2S/c1-4-7-21-14-9-12(16)11(8-13(14)20-6-3)10-18-19-15(22)17-5-2/h1,8-10H,5-7H2,2-3H3,(H2,17,19,22)/b18-10-. The number of terminal acetylenes is 1. The van der Waals surface area contributed by atoms with Gasteiger partial charge in [0.25, 0.3) is 0 Å². The zero-order valence-corrected chi connectivity index (χ0v) is 14.9. The van der Waals surface area contributed by atoms with Crippen molar-refractivity contribution in [3.8, 4) is 23.8 Å². The van der Waals surface area contributed by atoms with Gasteiger partial charge in [-0.1, -0.05) is 5.92 Å². The summed E-state index contributed by atoms with van der Waals surface area (Å²) < 4.78 is 11.8.